The number of ether oxygens (including phenoxy) is 4. The van der Waals surface area contributed by atoms with E-state index >= 15 is 8.78 Å². The number of carbonyl (C=O) groups is 2. The predicted octanol–water partition coefficient (Wildman–Crippen LogP) is 3.74. The van der Waals surface area contributed by atoms with Gasteiger partial charge < -0.3 is 29.2 Å². The van der Waals surface area contributed by atoms with E-state index < -0.39 is 47.6 Å². The van der Waals surface area contributed by atoms with E-state index in [0.29, 0.717) is 32.1 Å². The van der Waals surface area contributed by atoms with Gasteiger partial charge in [0.2, 0.25) is 0 Å². The first-order chi connectivity index (χ1) is 20.7. The molecule has 228 valence electrons. The number of carbonyl (C=O) groups excluding carboxylic acids is 2. The second kappa shape index (κ2) is 12.7. The first-order valence-electron chi connectivity index (χ1n) is 13.3. The Morgan fingerprint density at radius 1 is 1.00 bits per heavy atom. The lowest BCUT2D eigenvalue weighted by molar-refractivity contribution is -0.118. The number of morpholine rings is 1. The Morgan fingerprint density at radius 3 is 2.28 bits per heavy atom. The lowest BCUT2D eigenvalue weighted by Gasteiger charge is -2.29. The first-order valence-corrected chi connectivity index (χ1v) is 13.3. The number of hydrogen-bond donors (Lipinski definition) is 1. The highest BCUT2D eigenvalue weighted by atomic mass is 19.3. The van der Waals surface area contributed by atoms with Crippen molar-refractivity contribution in [3.8, 4) is 17.2 Å². The fourth-order valence-electron chi connectivity index (χ4n) is 5.14. The molecule has 43 heavy (non-hydrogen) atoms. The standard InChI is InChI=1S/C29H28F4N4O6/c1-40-18-13-20(30)24(21(31)14-18)19-15-37(26-22(41-2)7-8-23(34-26)36-9-11-42-12-10-36)28(39)25(19)35-27(38)16-3-5-17(6-4-16)43-29(32)33/h3-8,13-14,19,25,29H,9-12,15H2,1-2H3,(H,35,38)/t19-,25?/m0/s1. The molecule has 2 saturated heterocycles. The van der Waals surface area contributed by atoms with Crippen LogP contribution in [0.3, 0.4) is 0 Å². The van der Waals surface area contributed by atoms with Crippen LogP contribution >= 0.6 is 0 Å². The third-order valence-corrected chi connectivity index (χ3v) is 7.24. The monoisotopic (exact) mass is 604 g/mol. The summed E-state index contributed by atoms with van der Waals surface area (Å²) < 4.78 is 75.9. The number of pyridine rings is 1. The number of rotatable bonds is 9. The van der Waals surface area contributed by atoms with E-state index in [1.54, 1.807) is 12.1 Å². The van der Waals surface area contributed by atoms with Gasteiger partial charge in [0, 0.05) is 48.8 Å². The van der Waals surface area contributed by atoms with Crippen molar-refractivity contribution >= 4 is 23.5 Å². The Kier molecular flexibility index (Phi) is 8.85. The van der Waals surface area contributed by atoms with Crippen molar-refractivity contribution in [3.05, 3.63) is 71.3 Å². The maximum absolute atomic E-state index is 15.3. The van der Waals surface area contributed by atoms with Crippen LogP contribution in [-0.4, -0.2) is 76.5 Å². The summed E-state index contributed by atoms with van der Waals surface area (Å²) in [6.45, 7) is -1.18. The molecule has 2 aliphatic heterocycles. The number of aromatic nitrogens is 1. The Bertz CT molecular complexity index is 1460. The molecule has 0 aliphatic carbocycles. The number of nitrogens with zero attached hydrogens (tertiary/aromatic N) is 3. The maximum atomic E-state index is 15.3. The van der Waals surface area contributed by atoms with Gasteiger partial charge in [0.05, 0.1) is 27.4 Å². The van der Waals surface area contributed by atoms with Crippen molar-refractivity contribution < 1.29 is 46.1 Å². The summed E-state index contributed by atoms with van der Waals surface area (Å²) in [5.41, 5.74) is -0.418. The molecule has 2 amide bonds. The molecule has 10 nitrogen and oxygen atoms in total. The van der Waals surface area contributed by atoms with Crippen LogP contribution in [0, 0.1) is 11.6 Å². The number of amides is 2. The van der Waals surface area contributed by atoms with Gasteiger partial charge in [0.25, 0.3) is 11.8 Å². The number of halogens is 4. The molecule has 2 atom stereocenters. The SMILES string of the molecule is COc1cc(F)c([C@@H]2CN(c3nc(N4CCOCC4)ccc3OC)C(=O)C2NC(=O)c2ccc(OC(F)F)cc2)c(F)c1. The van der Waals surface area contributed by atoms with Gasteiger partial charge in [0.15, 0.2) is 11.6 Å². The van der Waals surface area contributed by atoms with Gasteiger partial charge in [-0.1, -0.05) is 0 Å². The minimum Gasteiger partial charge on any atom is -0.497 e. The second-order valence-corrected chi connectivity index (χ2v) is 9.71. The predicted molar refractivity (Wildman–Crippen MR) is 146 cm³/mol. The van der Waals surface area contributed by atoms with E-state index in [-0.39, 0.29) is 35.2 Å². The lowest BCUT2D eigenvalue weighted by Crippen LogP contribution is -2.44. The summed E-state index contributed by atoms with van der Waals surface area (Å²) in [6, 6.07) is 8.70. The quantitative estimate of drug-likeness (QED) is 0.369. The van der Waals surface area contributed by atoms with Crippen LogP contribution in [0.1, 0.15) is 21.8 Å². The highest BCUT2D eigenvalue weighted by Gasteiger charge is 2.46. The number of hydrogen-bond acceptors (Lipinski definition) is 8. The van der Waals surface area contributed by atoms with Crippen molar-refractivity contribution in [2.45, 2.75) is 18.6 Å². The Morgan fingerprint density at radius 2 is 1.67 bits per heavy atom. The van der Waals surface area contributed by atoms with Gasteiger partial charge in [-0.2, -0.15) is 8.78 Å². The number of methoxy groups -OCH3 is 2. The van der Waals surface area contributed by atoms with Gasteiger partial charge in [-0.15, -0.1) is 0 Å². The van der Waals surface area contributed by atoms with Crippen LogP contribution in [0.4, 0.5) is 29.2 Å². The normalized spacial score (nSPS) is 18.6. The van der Waals surface area contributed by atoms with Crippen molar-refractivity contribution in [3.63, 3.8) is 0 Å². The van der Waals surface area contributed by atoms with Crippen LogP contribution in [0.15, 0.2) is 48.5 Å². The number of alkyl halides is 2. The third kappa shape index (κ3) is 6.28. The molecule has 2 aliphatic rings. The van der Waals surface area contributed by atoms with Crippen molar-refractivity contribution in [1.82, 2.24) is 10.3 Å². The molecule has 14 heteroatoms. The zero-order chi connectivity index (χ0) is 30.7. The summed E-state index contributed by atoms with van der Waals surface area (Å²) in [7, 11) is 2.66. The molecule has 0 saturated carbocycles. The summed E-state index contributed by atoms with van der Waals surface area (Å²) in [6.07, 6.45) is 0. The molecule has 1 aromatic heterocycles. The van der Waals surface area contributed by atoms with Crippen LogP contribution in [0.25, 0.3) is 0 Å². The van der Waals surface area contributed by atoms with Gasteiger partial charge in [-0.3, -0.25) is 14.5 Å². The zero-order valence-corrected chi connectivity index (χ0v) is 23.2. The van der Waals surface area contributed by atoms with Gasteiger partial charge in [0.1, 0.15) is 35.0 Å². The highest BCUT2D eigenvalue weighted by Crippen LogP contribution is 2.39. The fourth-order valence-corrected chi connectivity index (χ4v) is 5.14. The molecular formula is C29H28F4N4O6. The summed E-state index contributed by atoms with van der Waals surface area (Å²) in [5.74, 6) is -3.92. The highest BCUT2D eigenvalue weighted by molar-refractivity contribution is 6.05. The molecule has 3 heterocycles. The zero-order valence-electron chi connectivity index (χ0n) is 23.2. The van der Waals surface area contributed by atoms with E-state index in [2.05, 4.69) is 15.0 Å². The van der Waals surface area contributed by atoms with Crippen molar-refractivity contribution in [1.29, 1.82) is 0 Å². The molecule has 1 N–H and O–H groups in total. The molecule has 2 aromatic carbocycles. The smallest absolute Gasteiger partial charge is 0.387 e. The molecule has 0 bridgehead atoms. The molecular weight excluding hydrogens is 576 g/mol. The Balaban J connectivity index is 1.51. The first kappa shape index (κ1) is 29.9. The van der Waals surface area contributed by atoms with E-state index in [4.69, 9.17) is 14.2 Å². The van der Waals surface area contributed by atoms with E-state index in [1.165, 1.54) is 31.3 Å². The largest absolute Gasteiger partial charge is 0.497 e. The van der Waals surface area contributed by atoms with E-state index in [9.17, 15) is 18.4 Å². The number of benzene rings is 2. The van der Waals surface area contributed by atoms with Gasteiger partial charge in [-0.25, -0.2) is 13.8 Å². The maximum Gasteiger partial charge on any atom is 0.387 e. The number of nitrogens with one attached hydrogen (secondary N) is 1. The Hall–Kier alpha value is -4.59. The van der Waals surface area contributed by atoms with Crippen LogP contribution < -0.4 is 29.3 Å². The molecule has 3 aromatic rings. The fraction of sp³-hybridized carbons (Fsp3) is 0.345. The minimum atomic E-state index is -3.05. The van der Waals surface area contributed by atoms with Crippen molar-refractivity contribution in [2.24, 2.45) is 0 Å². The average Bonchev–Trinajstić information content (AvgIpc) is 3.31. The van der Waals surface area contributed by atoms with Crippen LogP contribution in [0.2, 0.25) is 0 Å². The summed E-state index contributed by atoms with van der Waals surface area (Å²) in [5, 5.41) is 2.57. The average molecular weight is 605 g/mol. The van der Waals surface area contributed by atoms with Crippen molar-refractivity contribution in [2.75, 3.05) is 56.9 Å². The topological polar surface area (TPSA) is 102 Å². The molecule has 0 radical (unpaired) electrons. The number of anilines is 2. The van der Waals surface area contributed by atoms with Crippen LogP contribution in [-0.2, 0) is 9.53 Å². The summed E-state index contributed by atoms with van der Waals surface area (Å²) >= 11 is 0. The third-order valence-electron chi connectivity index (χ3n) is 7.24. The van der Waals surface area contributed by atoms with E-state index in [1.807, 2.05) is 4.90 Å². The minimum absolute atomic E-state index is 0.00677. The van der Waals surface area contributed by atoms with Gasteiger partial charge >= 0.3 is 6.61 Å². The molecule has 5 rings (SSSR count). The van der Waals surface area contributed by atoms with Gasteiger partial charge in [-0.05, 0) is 36.4 Å². The van der Waals surface area contributed by atoms with E-state index in [0.717, 1.165) is 24.3 Å². The molecule has 2 fully saturated rings. The lowest BCUT2D eigenvalue weighted by atomic mass is 9.92. The molecule has 1 unspecified atom stereocenters. The molecule has 0 spiro atoms. The summed E-state index contributed by atoms with van der Waals surface area (Å²) in [4.78, 5) is 35.0. The second-order valence-electron chi connectivity index (χ2n) is 9.71. The van der Waals surface area contributed by atoms with Crippen LogP contribution in [0.5, 0.6) is 17.2 Å². The Labute approximate surface area is 244 Å².